The van der Waals surface area contributed by atoms with Crippen LogP contribution in [-0.4, -0.2) is 36.3 Å². The lowest BCUT2D eigenvalue weighted by Gasteiger charge is -2.17. The molecule has 0 amide bonds. The Balaban J connectivity index is 2.54. The smallest absolute Gasteiger partial charge is 0.264 e. The van der Waals surface area contributed by atoms with Gasteiger partial charge in [-0.05, 0) is 30.4 Å². The average molecular weight is 262 g/mol. The van der Waals surface area contributed by atoms with E-state index in [2.05, 4.69) is 4.98 Å². The number of ether oxygens (including phenoxy) is 2. The van der Waals surface area contributed by atoms with Crippen LogP contribution < -0.4 is 9.47 Å². The topological polar surface area (TPSA) is 34.6 Å². The zero-order valence-electron chi connectivity index (χ0n) is 10.5. The summed E-state index contributed by atoms with van der Waals surface area (Å²) in [6, 6.07) is 7.63. The van der Waals surface area contributed by atoms with Crippen LogP contribution in [0.15, 0.2) is 30.5 Å². The first-order chi connectivity index (χ1) is 8.63. The van der Waals surface area contributed by atoms with E-state index < -0.39 is 0 Å². The summed E-state index contributed by atoms with van der Waals surface area (Å²) in [6.07, 6.45) is 1.72. The molecule has 0 saturated carbocycles. The summed E-state index contributed by atoms with van der Waals surface area (Å²) in [5.41, 5.74) is 0.737. The SMILES string of the molecule is COc1ccc2cccnc2c1OC(=S)N(C)C. The van der Waals surface area contributed by atoms with Crippen LogP contribution in [0.2, 0.25) is 0 Å². The van der Waals surface area contributed by atoms with Crippen molar-refractivity contribution in [2.45, 2.75) is 0 Å². The van der Waals surface area contributed by atoms with Crippen molar-refractivity contribution in [1.29, 1.82) is 0 Å². The largest absolute Gasteiger partial charge is 0.493 e. The maximum Gasteiger partial charge on any atom is 0.264 e. The van der Waals surface area contributed by atoms with E-state index in [0.29, 0.717) is 16.7 Å². The number of thiocarbonyl (C=S) groups is 1. The van der Waals surface area contributed by atoms with E-state index in [0.717, 1.165) is 10.9 Å². The van der Waals surface area contributed by atoms with Gasteiger partial charge in [0, 0.05) is 25.7 Å². The Hall–Kier alpha value is -1.88. The van der Waals surface area contributed by atoms with E-state index >= 15 is 0 Å². The van der Waals surface area contributed by atoms with Gasteiger partial charge in [-0.25, -0.2) is 0 Å². The number of aromatic nitrogens is 1. The summed E-state index contributed by atoms with van der Waals surface area (Å²) in [7, 11) is 5.25. The highest BCUT2D eigenvalue weighted by atomic mass is 32.1. The van der Waals surface area contributed by atoms with Crippen molar-refractivity contribution < 1.29 is 9.47 Å². The Bertz CT molecular complexity index is 584. The number of hydrogen-bond acceptors (Lipinski definition) is 4. The van der Waals surface area contributed by atoms with E-state index in [4.69, 9.17) is 21.7 Å². The Morgan fingerprint density at radius 3 is 2.72 bits per heavy atom. The van der Waals surface area contributed by atoms with Gasteiger partial charge < -0.3 is 14.4 Å². The second-order valence-electron chi connectivity index (χ2n) is 3.93. The fraction of sp³-hybridized carbons (Fsp3) is 0.231. The molecule has 1 aromatic carbocycles. The van der Waals surface area contributed by atoms with Crippen molar-refractivity contribution in [2.75, 3.05) is 21.2 Å². The Morgan fingerprint density at radius 2 is 2.06 bits per heavy atom. The first-order valence-electron chi connectivity index (χ1n) is 5.44. The molecule has 0 N–H and O–H groups in total. The second kappa shape index (κ2) is 5.18. The van der Waals surface area contributed by atoms with Crippen LogP contribution in [0.3, 0.4) is 0 Å². The van der Waals surface area contributed by atoms with E-state index in [9.17, 15) is 0 Å². The first kappa shape index (κ1) is 12.6. The van der Waals surface area contributed by atoms with E-state index in [1.807, 2.05) is 38.4 Å². The molecule has 18 heavy (non-hydrogen) atoms. The van der Waals surface area contributed by atoms with Crippen molar-refractivity contribution in [1.82, 2.24) is 9.88 Å². The number of hydrogen-bond donors (Lipinski definition) is 0. The van der Waals surface area contributed by atoms with Gasteiger partial charge in [0.25, 0.3) is 5.17 Å². The summed E-state index contributed by atoms with van der Waals surface area (Å²) in [6.45, 7) is 0. The standard InChI is InChI=1S/C13H14N2O2S/c1-15(2)13(18)17-12-10(16-3)7-6-9-5-4-8-14-11(9)12/h4-8H,1-3H3. The Morgan fingerprint density at radius 1 is 1.28 bits per heavy atom. The second-order valence-corrected chi connectivity index (χ2v) is 4.28. The van der Waals surface area contributed by atoms with E-state index in [-0.39, 0.29) is 0 Å². The maximum atomic E-state index is 5.68. The molecule has 0 aliphatic heterocycles. The van der Waals surface area contributed by atoms with Gasteiger partial charge in [0.1, 0.15) is 5.52 Å². The molecule has 2 rings (SSSR count). The highest BCUT2D eigenvalue weighted by molar-refractivity contribution is 7.80. The third-order valence-electron chi connectivity index (χ3n) is 2.47. The molecule has 0 aliphatic rings. The molecule has 94 valence electrons. The molecule has 0 atom stereocenters. The van der Waals surface area contributed by atoms with Gasteiger partial charge in [0.15, 0.2) is 11.5 Å². The number of benzene rings is 1. The molecule has 0 saturated heterocycles. The fourth-order valence-electron chi connectivity index (χ4n) is 1.54. The molecule has 0 fully saturated rings. The van der Waals surface area contributed by atoms with Crippen LogP contribution in [0.25, 0.3) is 10.9 Å². The summed E-state index contributed by atoms with van der Waals surface area (Å²) < 4.78 is 11.0. The molecule has 5 heteroatoms. The predicted octanol–water partition coefficient (Wildman–Crippen LogP) is 2.47. The van der Waals surface area contributed by atoms with Crippen molar-refractivity contribution in [3.8, 4) is 11.5 Å². The van der Waals surface area contributed by atoms with Crippen LogP contribution >= 0.6 is 12.2 Å². The summed E-state index contributed by atoms with van der Waals surface area (Å²) in [5.74, 6) is 1.17. The minimum Gasteiger partial charge on any atom is -0.493 e. The molecule has 0 spiro atoms. The Labute approximate surface area is 111 Å². The molecule has 1 aromatic heterocycles. The number of fused-ring (bicyclic) bond motifs is 1. The third-order valence-corrected chi connectivity index (χ3v) is 2.91. The van der Waals surface area contributed by atoms with Gasteiger partial charge in [-0.1, -0.05) is 6.07 Å². The summed E-state index contributed by atoms with van der Waals surface area (Å²) in [5, 5.41) is 1.35. The minimum absolute atomic E-state index is 0.367. The highest BCUT2D eigenvalue weighted by Gasteiger charge is 2.13. The molecule has 0 bridgehead atoms. The average Bonchev–Trinajstić information content (AvgIpc) is 2.39. The van der Waals surface area contributed by atoms with E-state index in [1.54, 1.807) is 18.2 Å². The molecular formula is C13H14N2O2S. The highest BCUT2D eigenvalue weighted by Crippen LogP contribution is 2.34. The van der Waals surface area contributed by atoms with Crippen molar-refractivity contribution >= 4 is 28.3 Å². The monoisotopic (exact) mass is 262 g/mol. The van der Waals surface area contributed by atoms with Crippen molar-refractivity contribution in [3.63, 3.8) is 0 Å². The molecule has 4 nitrogen and oxygen atoms in total. The first-order valence-corrected chi connectivity index (χ1v) is 5.85. The van der Waals surface area contributed by atoms with Gasteiger partial charge in [-0.15, -0.1) is 0 Å². The van der Waals surface area contributed by atoms with Crippen molar-refractivity contribution in [3.05, 3.63) is 30.5 Å². The molecule has 0 radical (unpaired) electrons. The van der Waals surface area contributed by atoms with Gasteiger partial charge in [0.2, 0.25) is 0 Å². The van der Waals surface area contributed by atoms with Gasteiger partial charge in [-0.2, -0.15) is 0 Å². The molecule has 1 heterocycles. The molecule has 0 aliphatic carbocycles. The quantitative estimate of drug-likeness (QED) is 0.777. The molecule has 0 unspecified atom stereocenters. The van der Waals surface area contributed by atoms with Crippen LogP contribution in [0.1, 0.15) is 0 Å². The van der Waals surface area contributed by atoms with E-state index in [1.165, 1.54) is 0 Å². The maximum absolute atomic E-state index is 5.68. The minimum atomic E-state index is 0.367. The lowest BCUT2D eigenvalue weighted by Crippen LogP contribution is -2.25. The number of rotatable bonds is 2. The lowest BCUT2D eigenvalue weighted by atomic mass is 10.2. The Kier molecular flexibility index (Phi) is 3.62. The molecular weight excluding hydrogens is 248 g/mol. The van der Waals surface area contributed by atoms with Crippen LogP contribution in [0, 0.1) is 0 Å². The van der Waals surface area contributed by atoms with Gasteiger partial charge >= 0.3 is 0 Å². The third kappa shape index (κ3) is 2.36. The lowest BCUT2D eigenvalue weighted by molar-refractivity contribution is 0.380. The summed E-state index contributed by atoms with van der Waals surface area (Å²) >= 11 is 5.15. The number of nitrogens with zero attached hydrogens (tertiary/aromatic N) is 2. The number of methoxy groups -OCH3 is 1. The fourth-order valence-corrected chi connectivity index (χ4v) is 1.62. The normalized spacial score (nSPS) is 10.2. The summed E-state index contributed by atoms with van der Waals surface area (Å²) in [4.78, 5) is 6.04. The van der Waals surface area contributed by atoms with Crippen LogP contribution in [-0.2, 0) is 0 Å². The van der Waals surface area contributed by atoms with Gasteiger partial charge in [-0.3, -0.25) is 4.98 Å². The molecule has 2 aromatic rings. The zero-order chi connectivity index (χ0) is 13.1. The van der Waals surface area contributed by atoms with Gasteiger partial charge in [0.05, 0.1) is 7.11 Å². The zero-order valence-corrected chi connectivity index (χ0v) is 11.3. The predicted molar refractivity (Wildman–Crippen MR) is 75.2 cm³/mol. The van der Waals surface area contributed by atoms with Crippen LogP contribution in [0.4, 0.5) is 0 Å². The van der Waals surface area contributed by atoms with Crippen LogP contribution in [0.5, 0.6) is 11.5 Å². The number of pyridine rings is 1. The van der Waals surface area contributed by atoms with Crippen molar-refractivity contribution in [2.24, 2.45) is 0 Å².